The summed E-state index contributed by atoms with van der Waals surface area (Å²) >= 11 is 8.29. The Morgan fingerprint density at radius 1 is 0.559 bits per heavy atom. The van der Waals surface area contributed by atoms with Gasteiger partial charge >= 0.3 is 233 Å². The van der Waals surface area contributed by atoms with Crippen LogP contribution >= 0.6 is 39.1 Å². The van der Waals surface area contributed by atoms with Crippen LogP contribution in [-0.2, 0) is 0 Å². The van der Waals surface area contributed by atoms with Crippen LogP contribution in [0.2, 0.25) is 0 Å². The molecule has 0 saturated heterocycles. The molecule has 0 heterocycles. The first-order valence-corrected chi connectivity index (χ1v) is 19.4. The third-order valence-electron chi connectivity index (χ3n) is 7.80. The van der Waals surface area contributed by atoms with Gasteiger partial charge in [0, 0.05) is 0 Å². The van der Waals surface area contributed by atoms with E-state index in [2.05, 4.69) is 76.9 Å². The Hall–Kier alpha value is 0.610. The van der Waals surface area contributed by atoms with Crippen LogP contribution in [0.5, 0.6) is 0 Å². The molecule has 1 aromatic carbocycles. The molecule has 200 valence electrons. The van der Waals surface area contributed by atoms with Gasteiger partial charge in [-0.25, -0.2) is 0 Å². The zero-order valence-electron chi connectivity index (χ0n) is 23.0. The third-order valence-corrected chi connectivity index (χ3v) is 17.4. The average Bonchev–Trinajstić information content (AvgIpc) is 2.85. The molecular formula is C31H57Br2P. The number of benzene rings is 1. The van der Waals surface area contributed by atoms with Gasteiger partial charge in [-0.1, -0.05) is 0 Å². The summed E-state index contributed by atoms with van der Waals surface area (Å²) in [5, 5.41) is 0. The summed E-state index contributed by atoms with van der Waals surface area (Å²) in [5.74, 6) is 0. The fraction of sp³-hybridized carbons (Fsp3) is 0.806. The van der Waals surface area contributed by atoms with Crippen molar-refractivity contribution in [3.63, 3.8) is 0 Å². The average molecular weight is 621 g/mol. The second-order valence-corrected chi connectivity index (χ2v) is 18.2. The molecule has 1 unspecified atom stereocenters. The molecule has 0 aliphatic carbocycles. The van der Waals surface area contributed by atoms with Crippen LogP contribution in [0.3, 0.4) is 0 Å². The van der Waals surface area contributed by atoms with Gasteiger partial charge in [0.1, 0.15) is 0 Å². The first kappa shape index (κ1) is 32.6. The van der Waals surface area contributed by atoms with Gasteiger partial charge in [0.15, 0.2) is 0 Å². The Morgan fingerprint density at radius 2 is 0.912 bits per heavy atom. The first-order chi connectivity index (χ1) is 16.6. The molecule has 0 spiro atoms. The molecule has 0 saturated carbocycles. The van der Waals surface area contributed by atoms with Crippen molar-refractivity contribution in [3.05, 3.63) is 34.3 Å². The van der Waals surface area contributed by atoms with Gasteiger partial charge in [-0.3, -0.25) is 0 Å². The van der Waals surface area contributed by atoms with Crippen LogP contribution in [0, 0.1) is 0 Å². The molecule has 1 atom stereocenters. The van der Waals surface area contributed by atoms with Gasteiger partial charge < -0.3 is 0 Å². The molecular weight excluding hydrogens is 563 g/mol. The summed E-state index contributed by atoms with van der Waals surface area (Å²) in [6, 6.07) is 9.05. The Labute approximate surface area is 231 Å². The van der Waals surface area contributed by atoms with Crippen molar-refractivity contribution in [1.82, 2.24) is 0 Å². The van der Waals surface area contributed by atoms with E-state index in [-0.39, 0.29) is 0 Å². The van der Waals surface area contributed by atoms with Gasteiger partial charge in [0.2, 0.25) is 0 Å². The Bertz CT molecular complexity index is 548. The minimum absolute atomic E-state index is 0.581. The van der Waals surface area contributed by atoms with Gasteiger partial charge in [0.05, 0.1) is 0 Å². The summed E-state index contributed by atoms with van der Waals surface area (Å²) in [5.41, 5.74) is 1.53. The molecule has 0 amide bonds. The zero-order valence-corrected chi connectivity index (χ0v) is 27.2. The van der Waals surface area contributed by atoms with Gasteiger partial charge in [-0.15, -0.1) is 0 Å². The van der Waals surface area contributed by atoms with E-state index in [0.29, 0.717) is 4.57 Å². The number of rotatable bonds is 23. The summed E-state index contributed by atoms with van der Waals surface area (Å²) < 4.78 is 1.89. The molecule has 3 heteroatoms. The molecule has 0 fully saturated rings. The van der Waals surface area contributed by atoms with Crippen molar-refractivity contribution < 1.29 is 0 Å². The normalized spacial score (nSPS) is 13.3. The molecule has 1 aromatic rings. The van der Waals surface area contributed by atoms with Crippen LogP contribution in [0.4, 0.5) is 0 Å². The number of unbranched alkanes of at least 4 members (excludes halogenated alkanes) is 15. The molecule has 1 rings (SSSR count). The van der Waals surface area contributed by atoms with E-state index in [4.69, 9.17) is 0 Å². The van der Waals surface area contributed by atoms with Crippen molar-refractivity contribution in [2.45, 2.75) is 141 Å². The molecule has 0 bridgehead atoms. The monoisotopic (exact) mass is 618 g/mol. The summed E-state index contributed by atoms with van der Waals surface area (Å²) in [4.78, 5) is 0. The van der Waals surface area contributed by atoms with Crippen molar-refractivity contribution in [2.75, 3.05) is 18.5 Å². The molecule has 0 aliphatic heterocycles. The van der Waals surface area contributed by atoms with Crippen LogP contribution in [0.25, 0.3) is 0 Å². The predicted octanol–water partition coefficient (Wildman–Crippen LogP) is 12.7. The van der Waals surface area contributed by atoms with Gasteiger partial charge in [0.25, 0.3) is 0 Å². The predicted molar refractivity (Wildman–Crippen MR) is 169 cm³/mol. The molecule has 0 aliphatic rings. The van der Waals surface area contributed by atoms with E-state index >= 15 is 0 Å². The van der Waals surface area contributed by atoms with E-state index in [9.17, 15) is 0 Å². The van der Waals surface area contributed by atoms with E-state index < -0.39 is 7.26 Å². The molecule has 0 N–H and O–H groups in total. The van der Waals surface area contributed by atoms with Crippen LogP contribution in [0.1, 0.15) is 146 Å². The third kappa shape index (κ3) is 13.8. The fourth-order valence-corrected chi connectivity index (χ4v) is 14.3. The molecule has 0 aromatic heterocycles. The standard InChI is InChI=1S/C31H57Br2P/c1-4-7-10-13-16-21-26-34(27-22-17-14-11-8-5-2,28-23-18-15-12-9-6-3)31(33)29-24-19-20-25-30(29)32/h19-20,24-25,31,34H,4-18,21-23,26-28H2,1-3H3. The molecule has 0 nitrogen and oxygen atoms in total. The second kappa shape index (κ2) is 21.7. The maximum absolute atomic E-state index is 4.37. The number of hydrogen-bond acceptors (Lipinski definition) is 0. The summed E-state index contributed by atoms with van der Waals surface area (Å²) in [7, 11) is -1.49. The zero-order chi connectivity index (χ0) is 24.9. The van der Waals surface area contributed by atoms with E-state index in [1.165, 1.54) is 144 Å². The van der Waals surface area contributed by atoms with Crippen LogP contribution in [-0.4, -0.2) is 18.5 Å². The van der Waals surface area contributed by atoms with E-state index in [0.717, 1.165) is 0 Å². The summed E-state index contributed by atoms with van der Waals surface area (Å²) in [6.07, 6.45) is 30.1. The maximum atomic E-state index is 4.37. The van der Waals surface area contributed by atoms with Crippen LogP contribution < -0.4 is 0 Å². The fourth-order valence-electron chi connectivity index (χ4n) is 5.54. The molecule has 0 radical (unpaired) electrons. The van der Waals surface area contributed by atoms with Crippen molar-refractivity contribution in [2.24, 2.45) is 0 Å². The van der Waals surface area contributed by atoms with Crippen molar-refractivity contribution >= 4 is 39.1 Å². The minimum atomic E-state index is -1.49. The van der Waals surface area contributed by atoms with E-state index in [1.54, 1.807) is 0 Å². The Morgan fingerprint density at radius 3 is 1.29 bits per heavy atom. The Kier molecular flexibility index (Phi) is 20.8. The van der Waals surface area contributed by atoms with Gasteiger partial charge in [-0.2, -0.15) is 0 Å². The number of hydrogen-bond donors (Lipinski definition) is 0. The SMILES string of the molecule is CCCCCCCC[PH](CCCCCCCC)(CCCCCCCC)C(Br)c1ccccc1Br. The number of alkyl halides is 1. The van der Waals surface area contributed by atoms with Crippen molar-refractivity contribution in [1.29, 1.82) is 0 Å². The quantitative estimate of drug-likeness (QED) is 0.0649. The second-order valence-electron chi connectivity index (χ2n) is 10.8. The van der Waals surface area contributed by atoms with Crippen LogP contribution in [0.15, 0.2) is 28.7 Å². The first-order valence-electron chi connectivity index (χ1n) is 15.0. The van der Waals surface area contributed by atoms with Crippen molar-refractivity contribution in [3.8, 4) is 0 Å². The van der Waals surface area contributed by atoms with Gasteiger partial charge in [-0.05, 0) is 0 Å². The summed E-state index contributed by atoms with van der Waals surface area (Å²) in [6.45, 7) is 6.98. The Balaban J connectivity index is 2.91. The molecule has 34 heavy (non-hydrogen) atoms. The topological polar surface area (TPSA) is 0 Å². The number of halogens is 2. The van der Waals surface area contributed by atoms with E-state index in [1.807, 2.05) is 0 Å².